The molecule has 5 nitrogen and oxygen atoms in total. The molecule has 3 rings (SSSR count). The molecule has 1 aliphatic heterocycles. The third-order valence-corrected chi connectivity index (χ3v) is 4.20. The minimum atomic E-state index is 0.528. The summed E-state index contributed by atoms with van der Waals surface area (Å²) in [7, 11) is 0. The Morgan fingerprint density at radius 2 is 1.87 bits per heavy atom. The van der Waals surface area contributed by atoms with E-state index in [9.17, 15) is 0 Å². The minimum Gasteiger partial charge on any atom is -0.372 e. The van der Waals surface area contributed by atoms with Crippen molar-refractivity contribution >= 4 is 11.5 Å². The molecular weight excluding hydrogens is 286 g/mol. The van der Waals surface area contributed by atoms with E-state index in [-0.39, 0.29) is 0 Å². The molecule has 118 valence electrons. The summed E-state index contributed by atoms with van der Waals surface area (Å²) in [6.07, 6.45) is 6.37. The van der Waals surface area contributed by atoms with E-state index in [0.29, 0.717) is 11.4 Å². The predicted molar refractivity (Wildman–Crippen MR) is 91.4 cm³/mol. The second kappa shape index (κ2) is 7.59. The van der Waals surface area contributed by atoms with Crippen LogP contribution in [-0.2, 0) is 6.42 Å². The number of nitriles is 1. The lowest BCUT2D eigenvalue weighted by Crippen LogP contribution is -2.29. The second-order valence-electron chi connectivity index (χ2n) is 5.80. The summed E-state index contributed by atoms with van der Waals surface area (Å²) in [4.78, 5) is 2.46. The Balaban J connectivity index is 1.53. The first-order chi connectivity index (χ1) is 11.4. The fourth-order valence-electron chi connectivity index (χ4n) is 2.90. The molecule has 0 spiro atoms. The second-order valence-corrected chi connectivity index (χ2v) is 5.80. The Kier molecular flexibility index (Phi) is 5.05. The largest absolute Gasteiger partial charge is 0.372 e. The van der Waals surface area contributed by atoms with Gasteiger partial charge in [0.1, 0.15) is 6.07 Å². The highest BCUT2D eigenvalue weighted by Crippen LogP contribution is 2.20. The van der Waals surface area contributed by atoms with Gasteiger partial charge in [0.2, 0.25) is 0 Å². The predicted octanol–water partition coefficient (Wildman–Crippen LogP) is 2.99. The number of rotatable bonds is 5. The monoisotopic (exact) mass is 307 g/mol. The topological polar surface area (TPSA) is 64.8 Å². The van der Waals surface area contributed by atoms with Crippen LogP contribution in [0.5, 0.6) is 0 Å². The summed E-state index contributed by atoms with van der Waals surface area (Å²) in [6, 6.07) is 12.6. The van der Waals surface area contributed by atoms with E-state index >= 15 is 0 Å². The van der Waals surface area contributed by atoms with Crippen molar-refractivity contribution in [3.8, 4) is 6.07 Å². The molecule has 1 N–H and O–H groups in total. The molecule has 0 saturated carbocycles. The Morgan fingerprint density at radius 1 is 1.09 bits per heavy atom. The van der Waals surface area contributed by atoms with Gasteiger partial charge in [-0.2, -0.15) is 10.4 Å². The van der Waals surface area contributed by atoms with Gasteiger partial charge in [-0.3, -0.25) is 0 Å². The van der Waals surface area contributed by atoms with E-state index in [4.69, 9.17) is 5.26 Å². The van der Waals surface area contributed by atoms with Crippen LogP contribution in [0.1, 0.15) is 30.4 Å². The Bertz CT molecular complexity index is 669. The average Bonchev–Trinajstić information content (AvgIpc) is 2.63. The molecule has 1 aliphatic rings. The van der Waals surface area contributed by atoms with Gasteiger partial charge in [0.05, 0.1) is 11.8 Å². The SMILES string of the molecule is N#Cc1ccnnc1NCCc1ccc(N2CCCCC2)cc1. The van der Waals surface area contributed by atoms with Crippen LogP contribution in [0.2, 0.25) is 0 Å². The molecular formula is C18H21N5. The molecule has 5 heteroatoms. The quantitative estimate of drug-likeness (QED) is 0.920. The number of anilines is 2. The molecule has 2 heterocycles. The van der Waals surface area contributed by atoms with E-state index in [1.165, 1.54) is 49.8 Å². The minimum absolute atomic E-state index is 0.528. The molecule has 0 radical (unpaired) electrons. The lowest BCUT2D eigenvalue weighted by Gasteiger charge is -2.28. The number of hydrogen-bond acceptors (Lipinski definition) is 5. The van der Waals surface area contributed by atoms with Crippen LogP contribution < -0.4 is 10.2 Å². The Labute approximate surface area is 137 Å². The number of aromatic nitrogens is 2. The van der Waals surface area contributed by atoms with E-state index in [1.54, 1.807) is 6.07 Å². The molecule has 0 atom stereocenters. The van der Waals surface area contributed by atoms with E-state index in [2.05, 4.69) is 50.7 Å². The first kappa shape index (κ1) is 15.3. The van der Waals surface area contributed by atoms with Crippen molar-refractivity contribution in [2.75, 3.05) is 29.9 Å². The number of benzene rings is 1. The van der Waals surface area contributed by atoms with E-state index < -0.39 is 0 Å². The summed E-state index contributed by atoms with van der Waals surface area (Å²) in [5.74, 6) is 0.555. The van der Waals surface area contributed by atoms with Crippen LogP contribution in [-0.4, -0.2) is 29.8 Å². The number of piperidine rings is 1. The molecule has 0 amide bonds. The summed E-state index contributed by atoms with van der Waals surface area (Å²) in [5.41, 5.74) is 3.13. The van der Waals surface area contributed by atoms with Crippen molar-refractivity contribution in [2.45, 2.75) is 25.7 Å². The molecule has 1 aromatic heterocycles. The molecule has 23 heavy (non-hydrogen) atoms. The normalized spacial score (nSPS) is 14.3. The molecule has 1 aromatic carbocycles. The Hall–Kier alpha value is -2.61. The molecule has 1 saturated heterocycles. The summed E-state index contributed by atoms with van der Waals surface area (Å²) in [5, 5.41) is 20.0. The van der Waals surface area contributed by atoms with Gasteiger partial charge in [0.25, 0.3) is 0 Å². The van der Waals surface area contributed by atoms with Crippen LogP contribution in [0, 0.1) is 11.3 Å². The maximum absolute atomic E-state index is 9.03. The zero-order chi connectivity index (χ0) is 15.9. The maximum atomic E-state index is 9.03. The lowest BCUT2D eigenvalue weighted by molar-refractivity contribution is 0.578. The van der Waals surface area contributed by atoms with Crippen molar-refractivity contribution in [2.24, 2.45) is 0 Å². The van der Waals surface area contributed by atoms with E-state index in [1.807, 2.05) is 0 Å². The Morgan fingerprint density at radius 3 is 2.61 bits per heavy atom. The van der Waals surface area contributed by atoms with Gasteiger partial charge in [-0.05, 0) is 49.4 Å². The van der Waals surface area contributed by atoms with Crippen molar-refractivity contribution in [3.05, 3.63) is 47.7 Å². The van der Waals surface area contributed by atoms with Gasteiger partial charge in [-0.25, -0.2) is 0 Å². The third kappa shape index (κ3) is 3.98. The highest BCUT2D eigenvalue weighted by molar-refractivity contribution is 5.50. The standard InChI is InChI=1S/C18H21N5/c19-14-16-9-11-21-22-18(16)20-10-8-15-4-6-17(7-5-15)23-12-2-1-3-13-23/h4-7,9,11H,1-3,8,10,12-13H2,(H,20,22). The highest BCUT2D eigenvalue weighted by Gasteiger charge is 2.10. The first-order valence-electron chi connectivity index (χ1n) is 8.16. The molecule has 0 unspecified atom stereocenters. The van der Waals surface area contributed by atoms with Crippen molar-refractivity contribution in [1.82, 2.24) is 10.2 Å². The van der Waals surface area contributed by atoms with Gasteiger partial charge < -0.3 is 10.2 Å². The summed E-state index contributed by atoms with van der Waals surface area (Å²) < 4.78 is 0. The van der Waals surface area contributed by atoms with Gasteiger partial charge in [0.15, 0.2) is 5.82 Å². The first-order valence-corrected chi connectivity index (χ1v) is 8.16. The number of nitrogens with one attached hydrogen (secondary N) is 1. The van der Waals surface area contributed by atoms with Gasteiger partial charge in [-0.1, -0.05) is 12.1 Å². The van der Waals surface area contributed by atoms with Crippen molar-refractivity contribution in [3.63, 3.8) is 0 Å². The van der Waals surface area contributed by atoms with Crippen LogP contribution in [0.4, 0.5) is 11.5 Å². The summed E-state index contributed by atoms with van der Waals surface area (Å²) in [6.45, 7) is 3.07. The molecule has 0 bridgehead atoms. The molecule has 1 fully saturated rings. The number of nitrogens with zero attached hydrogens (tertiary/aromatic N) is 4. The van der Waals surface area contributed by atoms with Gasteiger partial charge >= 0.3 is 0 Å². The van der Waals surface area contributed by atoms with Crippen LogP contribution >= 0.6 is 0 Å². The summed E-state index contributed by atoms with van der Waals surface area (Å²) >= 11 is 0. The van der Waals surface area contributed by atoms with Crippen molar-refractivity contribution in [1.29, 1.82) is 5.26 Å². The van der Waals surface area contributed by atoms with Crippen LogP contribution in [0.15, 0.2) is 36.5 Å². The third-order valence-electron chi connectivity index (χ3n) is 4.20. The molecule has 2 aromatic rings. The maximum Gasteiger partial charge on any atom is 0.166 e. The number of hydrogen-bond donors (Lipinski definition) is 1. The van der Waals surface area contributed by atoms with Crippen molar-refractivity contribution < 1.29 is 0 Å². The highest BCUT2D eigenvalue weighted by atomic mass is 15.2. The average molecular weight is 307 g/mol. The van der Waals surface area contributed by atoms with Crippen LogP contribution in [0.3, 0.4) is 0 Å². The fourth-order valence-corrected chi connectivity index (χ4v) is 2.90. The fraction of sp³-hybridized carbons (Fsp3) is 0.389. The van der Waals surface area contributed by atoms with E-state index in [0.717, 1.165) is 13.0 Å². The van der Waals surface area contributed by atoms with Gasteiger partial charge in [0, 0.05) is 25.3 Å². The van der Waals surface area contributed by atoms with Crippen LogP contribution in [0.25, 0.3) is 0 Å². The molecule has 0 aliphatic carbocycles. The lowest BCUT2D eigenvalue weighted by atomic mass is 10.1. The van der Waals surface area contributed by atoms with Gasteiger partial charge in [-0.15, -0.1) is 5.10 Å². The smallest absolute Gasteiger partial charge is 0.166 e. The zero-order valence-electron chi connectivity index (χ0n) is 13.2. The zero-order valence-corrected chi connectivity index (χ0v) is 13.2.